The van der Waals surface area contributed by atoms with Crippen LogP contribution in [0.2, 0.25) is 0 Å². The number of carboxylic acids is 1. The maximum absolute atomic E-state index is 12.0. The minimum atomic E-state index is -0.839. The number of unbranched alkanes of at least 4 members (excludes halogenated alkanes) is 1. The molecule has 0 fully saturated rings. The number of carbonyl (C=O) groups is 2. The van der Waals surface area contributed by atoms with E-state index in [-0.39, 0.29) is 18.0 Å². The van der Waals surface area contributed by atoms with Gasteiger partial charge in [-0.05, 0) is 25.0 Å². The van der Waals surface area contributed by atoms with Gasteiger partial charge in [0.15, 0.2) is 11.5 Å². The lowest BCUT2D eigenvalue weighted by Crippen LogP contribution is -2.24. The second kappa shape index (κ2) is 7.98. The number of nitrogens with zero attached hydrogens (tertiary/aromatic N) is 1. The van der Waals surface area contributed by atoms with E-state index >= 15 is 0 Å². The molecule has 0 saturated heterocycles. The first-order chi connectivity index (χ1) is 11.1. The van der Waals surface area contributed by atoms with Crippen LogP contribution in [0.15, 0.2) is 34.9 Å². The van der Waals surface area contributed by atoms with E-state index in [0.717, 1.165) is 0 Å². The molecule has 0 aliphatic rings. The van der Waals surface area contributed by atoms with E-state index in [1.165, 1.54) is 0 Å². The number of benzene rings is 1. The monoisotopic (exact) mass is 318 g/mol. The van der Waals surface area contributed by atoms with E-state index in [4.69, 9.17) is 14.4 Å². The van der Waals surface area contributed by atoms with E-state index in [1.807, 2.05) is 18.2 Å². The van der Waals surface area contributed by atoms with Crippen LogP contribution < -0.4 is 10.1 Å². The van der Waals surface area contributed by atoms with E-state index < -0.39 is 5.97 Å². The molecule has 1 aromatic heterocycles. The lowest BCUT2D eigenvalue weighted by molar-refractivity contribution is -0.137. The fraction of sp³-hybridized carbons (Fsp3) is 0.312. The molecular weight excluding hydrogens is 300 g/mol. The zero-order valence-electron chi connectivity index (χ0n) is 12.7. The molecule has 1 heterocycles. The van der Waals surface area contributed by atoms with Crippen LogP contribution in [0.3, 0.4) is 0 Å². The van der Waals surface area contributed by atoms with Crippen molar-refractivity contribution in [2.75, 3.05) is 13.7 Å². The van der Waals surface area contributed by atoms with Crippen molar-refractivity contribution in [3.8, 4) is 17.1 Å². The van der Waals surface area contributed by atoms with Crippen molar-refractivity contribution >= 4 is 11.9 Å². The first-order valence-corrected chi connectivity index (χ1v) is 7.22. The summed E-state index contributed by atoms with van der Waals surface area (Å²) < 4.78 is 10.4. The fourth-order valence-corrected chi connectivity index (χ4v) is 2.05. The second-order valence-electron chi connectivity index (χ2n) is 4.88. The molecule has 0 aliphatic heterocycles. The van der Waals surface area contributed by atoms with Gasteiger partial charge in [-0.2, -0.15) is 0 Å². The van der Waals surface area contributed by atoms with Gasteiger partial charge >= 0.3 is 5.97 Å². The lowest BCUT2D eigenvalue weighted by Gasteiger charge is -2.03. The normalized spacial score (nSPS) is 10.3. The Morgan fingerprint density at radius 2 is 2.09 bits per heavy atom. The summed E-state index contributed by atoms with van der Waals surface area (Å²) in [4.78, 5) is 22.3. The van der Waals surface area contributed by atoms with Crippen molar-refractivity contribution in [1.29, 1.82) is 0 Å². The third-order valence-corrected chi connectivity index (χ3v) is 3.22. The molecule has 0 atom stereocenters. The number of carbonyl (C=O) groups excluding carboxylic acids is 1. The molecule has 0 aliphatic carbocycles. The summed E-state index contributed by atoms with van der Waals surface area (Å²) in [6, 6.07) is 8.82. The van der Waals surface area contributed by atoms with Crippen LogP contribution in [-0.2, 0) is 4.79 Å². The summed E-state index contributed by atoms with van der Waals surface area (Å²) in [5, 5.41) is 15.0. The van der Waals surface area contributed by atoms with Gasteiger partial charge in [0.05, 0.1) is 12.7 Å². The Kier molecular flexibility index (Phi) is 5.74. The van der Waals surface area contributed by atoms with Crippen LogP contribution in [0.5, 0.6) is 5.75 Å². The molecule has 0 unspecified atom stereocenters. The molecule has 1 amide bonds. The molecule has 0 spiro atoms. The van der Waals surface area contributed by atoms with Crippen molar-refractivity contribution in [3.05, 3.63) is 36.0 Å². The van der Waals surface area contributed by atoms with E-state index in [1.54, 1.807) is 19.2 Å². The maximum Gasteiger partial charge on any atom is 0.303 e. The lowest BCUT2D eigenvalue weighted by atomic mass is 10.1. The number of aliphatic carboxylic acids is 1. The zero-order chi connectivity index (χ0) is 16.7. The Morgan fingerprint density at radius 1 is 1.30 bits per heavy atom. The van der Waals surface area contributed by atoms with Crippen molar-refractivity contribution in [2.45, 2.75) is 19.3 Å². The number of ether oxygens (including phenoxy) is 1. The average Bonchev–Trinajstić information content (AvgIpc) is 3.04. The number of nitrogens with one attached hydrogen (secondary N) is 1. The van der Waals surface area contributed by atoms with Crippen LogP contribution >= 0.6 is 0 Å². The molecular formula is C16H18N2O5. The first-order valence-electron chi connectivity index (χ1n) is 7.22. The Labute approximate surface area is 133 Å². The Bertz CT molecular complexity index is 681. The van der Waals surface area contributed by atoms with Gasteiger partial charge in [-0.15, -0.1) is 0 Å². The highest BCUT2D eigenvalue weighted by Crippen LogP contribution is 2.29. The highest BCUT2D eigenvalue weighted by Gasteiger charge is 2.15. The molecule has 0 bridgehead atoms. The Balaban J connectivity index is 1.93. The summed E-state index contributed by atoms with van der Waals surface area (Å²) in [6.07, 6.45) is 1.20. The number of methoxy groups -OCH3 is 1. The molecule has 0 radical (unpaired) electrons. The Hall–Kier alpha value is -2.83. The van der Waals surface area contributed by atoms with Gasteiger partial charge in [0.2, 0.25) is 0 Å². The molecule has 2 aromatic rings. The van der Waals surface area contributed by atoms with Gasteiger partial charge in [0, 0.05) is 19.0 Å². The maximum atomic E-state index is 12.0. The number of hydrogen-bond donors (Lipinski definition) is 2. The topological polar surface area (TPSA) is 102 Å². The molecule has 2 rings (SSSR count). The van der Waals surface area contributed by atoms with E-state index in [2.05, 4.69) is 10.5 Å². The van der Waals surface area contributed by atoms with Crippen LogP contribution in [0.4, 0.5) is 0 Å². The SMILES string of the molecule is COc1ccccc1-c1cc(C(=O)NCCCCC(=O)O)no1. The summed E-state index contributed by atoms with van der Waals surface area (Å²) >= 11 is 0. The van der Waals surface area contributed by atoms with Crippen molar-refractivity contribution < 1.29 is 24.0 Å². The summed E-state index contributed by atoms with van der Waals surface area (Å²) in [5.41, 5.74) is 0.882. The highest BCUT2D eigenvalue weighted by molar-refractivity contribution is 5.93. The number of amides is 1. The standard InChI is InChI=1S/C16H18N2O5/c1-22-13-7-3-2-6-11(13)14-10-12(18-23-14)16(21)17-9-5-4-8-15(19)20/h2-3,6-7,10H,4-5,8-9H2,1H3,(H,17,21)(H,19,20). The second-order valence-corrected chi connectivity index (χ2v) is 4.88. The summed E-state index contributed by atoms with van der Waals surface area (Å²) in [5.74, 6) is -0.123. The van der Waals surface area contributed by atoms with Gasteiger partial charge in [-0.1, -0.05) is 17.3 Å². The molecule has 0 saturated carbocycles. The molecule has 7 nitrogen and oxygen atoms in total. The van der Waals surface area contributed by atoms with Gasteiger partial charge in [-0.25, -0.2) is 0 Å². The van der Waals surface area contributed by atoms with Crippen LogP contribution in [-0.4, -0.2) is 35.8 Å². The average molecular weight is 318 g/mol. The minimum Gasteiger partial charge on any atom is -0.496 e. The minimum absolute atomic E-state index is 0.0950. The molecule has 23 heavy (non-hydrogen) atoms. The van der Waals surface area contributed by atoms with Gasteiger partial charge in [-0.3, -0.25) is 9.59 Å². The highest BCUT2D eigenvalue weighted by atomic mass is 16.5. The zero-order valence-corrected chi connectivity index (χ0v) is 12.7. The third kappa shape index (κ3) is 4.57. The molecule has 122 valence electrons. The first kappa shape index (κ1) is 16.5. The van der Waals surface area contributed by atoms with Crippen molar-refractivity contribution in [3.63, 3.8) is 0 Å². The Morgan fingerprint density at radius 3 is 2.83 bits per heavy atom. The predicted octanol–water partition coefficient (Wildman–Crippen LogP) is 2.33. The van der Waals surface area contributed by atoms with Crippen molar-refractivity contribution in [1.82, 2.24) is 10.5 Å². The summed E-state index contributed by atoms with van der Waals surface area (Å²) in [6.45, 7) is 0.392. The largest absolute Gasteiger partial charge is 0.496 e. The molecule has 2 N–H and O–H groups in total. The number of hydrogen-bond acceptors (Lipinski definition) is 5. The number of para-hydroxylation sites is 1. The van der Waals surface area contributed by atoms with E-state index in [0.29, 0.717) is 36.5 Å². The third-order valence-electron chi connectivity index (χ3n) is 3.22. The summed E-state index contributed by atoms with van der Waals surface area (Å²) in [7, 11) is 1.56. The van der Waals surface area contributed by atoms with E-state index in [9.17, 15) is 9.59 Å². The van der Waals surface area contributed by atoms with Crippen molar-refractivity contribution in [2.24, 2.45) is 0 Å². The number of carboxylic acid groups (broad SMARTS) is 1. The molecule has 1 aromatic carbocycles. The predicted molar refractivity (Wildman–Crippen MR) is 82.3 cm³/mol. The quantitative estimate of drug-likeness (QED) is 0.724. The number of rotatable bonds is 8. The van der Waals surface area contributed by atoms with Crippen LogP contribution in [0.25, 0.3) is 11.3 Å². The molecule has 7 heteroatoms. The van der Waals surface area contributed by atoms with Gasteiger partial charge < -0.3 is 19.7 Å². The van der Waals surface area contributed by atoms with Crippen LogP contribution in [0.1, 0.15) is 29.8 Å². The van der Waals surface area contributed by atoms with Gasteiger partial charge in [0.1, 0.15) is 5.75 Å². The fourth-order valence-electron chi connectivity index (χ4n) is 2.05. The number of aromatic nitrogens is 1. The smallest absolute Gasteiger partial charge is 0.303 e. The van der Waals surface area contributed by atoms with Gasteiger partial charge in [0.25, 0.3) is 5.91 Å². The van der Waals surface area contributed by atoms with Crippen LogP contribution in [0, 0.1) is 0 Å².